The lowest BCUT2D eigenvalue weighted by Crippen LogP contribution is -2.56. The Morgan fingerprint density at radius 1 is 0.804 bits per heavy atom. The fourth-order valence-electron chi connectivity index (χ4n) is 8.14. The summed E-state index contributed by atoms with van der Waals surface area (Å²) in [6.45, 7) is 3.58. The fraction of sp³-hybridized carbons (Fsp3) is 0.395. The Morgan fingerprint density at radius 3 is 2.35 bits per heavy atom. The molecule has 7 rings (SSSR count). The van der Waals surface area contributed by atoms with E-state index in [1.54, 1.807) is 9.80 Å². The number of likely N-dealkylation sites (tertiary alicyclic amines) is 1. The van der Waals surface area contributed by atoms with Crippen molar-refractivity contribution in [1.29, 1.82) is 0 Å². The molecular formula is C38H41N3O5. The average molecular weight is 620 g/mol. The maximum atomic E-state index is 14.9. The van der Waals surface area contributed by atoms with Crippen molar-refractivity contribution in [3.63, 3.8) is 0 Å². The maximum absolute atomic E-state index is 14.9. The lowest BCUT2D eigenvalue weighted by atomic mass is 9.73. The molecular weight excluding hydrogens is 578 g/mol. The molecule has 3 aromatic rings. The molecule has 4 aliphatic heterocycles. The predicted octanol–water partition coefficient (Wildman–Crippen LogP) is 4.86. The zero-order valence-corrected chi connectivity index (χ0v) is 26.3. The lowest BCUT2D eigenvalue weighted by molar-refractivity contribution is -0.150. The minimum Gasteiger partial charge on any atom is -0.396 e. The van der Waals surface area contributed by atoms with E-state index in [1.165, 1.54) is 0 Å². The smallest absolute Gasteiger partial charge is 0.253 e. The Balaban J connectivity index is 1.30. The molecule has 0 saturated carbocycles. The van der Waals surface area contributed by atoms with Gasteiger partial charge in [-0.15, -0.1) is 0 Å². The van der Waals surface area contributed by atoms with E-state index >= 15 is 0 Å². The van der Waals surface area contributed by atoms with E-state index in [2.05, 4.69) is 0 Å². The SMILES string of the molecule is CC[C@]12C=CCN(Cc3ccccc3)C(=O)[C@H]1[C@H]1C(=O)N(CCCCCO)C3C(=O)N(c4ccc5ccccc5c4)CC=C[C@@]31O2. The third kappa shape index (κ3) is 4.86. The van der Waals surface area contributed by atoms with Crippen molar-refractivity contribution in [3.8, 4) is 0 Å². The predicted molar refractivity (Wildman–Crippen MR) is 177 cm³/mol. The fourth-order valence-corrected chi connectivity index (χ4v) is 8.14. The first-order valence-corrected chi connectivity index (χ1v) is 16.5. The number of ether oxygens (including phenoxy) is 1. The Morgan fingerprint density at radius 2 is 1.57 bits per heavy atom. The van der Waals surface area contributed by atoms with Gasteiger partial charge in [0.1, 0.15) is 11.6 Å². The Labute approximate surface area is 269 Å². The van der Waals surface area contributed by atoms with Gasteiger partial charge in [0.15, 0.2) is 0 Å². The minimum absolute atomic E-state index is 0.0731. The normalized spacial score (nSPS) is 28.8. The summed E-state index contributed by atoms with van der Waals surface area (Å²) in [7, 11) is 0. The van der Waals surface area contributed by atoms with Gasteiger partial charge in [-0.05, 0) is 54.2 Å². The zero-order chi connectivity index (χ0) is 31.9. The molecule has 2 saturated heterocycles. The van der Waals surface area contributed by atoms with Crippen LogP contribution in [-0.2, 0) is 25.7 Å². The first-order valence-electron chi connectivity index (χ1n) is 16.5. The van der Waals surface area contributed by atoms with Gasteiger partial charge in [0.25, 0.3) is 5.91 Å². The summed E-state index contributed by atoms with van der Waals surface area (Å²) < 4.78 is 7.13. The summed E-state index contributed by atoms with van der Waals surface area (Å²) in [4.78, 5) is 49.4. The van der Waals surface area contributed by atoms with Gasteiger partial charge in [-0.1, -0.05) is 91.9 Å². The average Bonchev–Trinajstić information content (AvgIpc) is 3.37. The van der Waals surface area contributed by atoms with Crippen LogP contribution in [0.2, 0.25) is 0 Å². The first-order chi connectivity index (χ1) is 22.4. The molecule has 1 unspecified atom stereocenters. The first kappa shape index (κ1) is 30.4. The van der Waals surface area contributed by atoms with E-state index in [4.69, 9.17) is 4.74 Å². The second-order valence-corrected chi connectivity index (χ2v) is 12.9. The molecule has 0 aliphatic carbocycles. The molecule has 0 radical (unpaired) electrons. The number of carbonyl (C=O) groups excluding carboxylic acids is 3. The molecule has 3 amide bonds. The minimum atomic E-state index is -1.30. The second-order valence-electron chi connectivity index (χ2n) is 12.9. The summed E-state index contributed by atoms with van der Waals surface area (Å²) in [6, 6.07) is 23.0. The Bertz CT molecular complexity index is 1700. The van der Waals surface area contributed by atoms with Crippen LogP contribution in [0, 0.1) is 11.8 Å². The third-order valence-electron chi connectivity index (χ3n) is 10.3. The largest absolute Gasteiger partial charge is 0.396 e. The number of hydrogen-bond acceptors (Lipinski definition) is 5. The van der Waals surface area contributed by atoms with Crippen molar-refractivity contribution in [3.05, 3.63) is 103 Å². The number of amides is 3. The van der Waals surface area contributed by atoms with Crippen molar-refractivity contribution < 1.29 is 24.2 Å². The number of rotatable bonds is 9. The van der Waals surface area contributed by atoms with Crippen molar-refractivity contribution in [2.24, 2.45) is 11.8 Å². The summed E-state index contributed by atoms with van der Waals surface area (Å²) in [5.41, 5.74) is -0.553. The summed E-state index contributed by atoms with van der Waals surface area (Å²) in [6.07, 6.45) is 10.3. The molecule has 0 aromatic heterocycles. The van der Waals surface area contributed by atoms with Gasteiger partial charge in [-0.3, -0.25) is 14.4 Å². The van der Waals surface area contributed by atoms with Gasteiger partial charge in [-0.25, -0.2) is 0 Å². The van der Waals surface area contributed by atoms with Crippen molar-refractivity contribution in [2.75, 3.05) is 31.1 Å². The third-order valence-corrected chi connectivity index (χ3v) is 10.3. The van der Waals surface area contributed by atoms with Gasteiger partial charge in [0.2, 0.25) is 11.8 Å². The molecule has 0 bridgehead atoms. The van der Waals surface area contributed by atoms with Gasteiger partial charge in [0.05, 0.1) is 17.4 Å². The van der Waals surface area contributed by atoms with Gasteiger partial charge >= 0.3 is 0 Å². The van der Waals surface area contributed by atoms with Gasteiger partial charge < -0.3 is 24.5 Å². The van der Waals surface area contributed by atoms with Crippen LogP contribution < -0.4 is 4.90 Å². The number of carbonyl (C=O) groups is 3. The van der Waals surface area contributed by atoms with Crippen LogP contribution in [0.5, 0.6) is 0 Å². The van der Waals surface area contributed by atoms with E-state index in [0.29, 0.717) is 45.4 Å². The molecule has 4 heterocycles. The highest BCUT2D eigenvalue weighted by atomic mass is 16.5. The summed E-state index contributed by atoms with van der Waals surface area (Å²) in [5.74, 6) is -2.17. The summed E-state index contributed by atoms with van der Waals surface area (Å²) in [5, 5.41) is 11.5. The molecule has 46 heavy (non-hydrogen) atoms. The van der Waals surface area contributed by atoms with Crippen LogP contribution in [0.25, 0.3) is 10.8 Å². The monoisotopic (exact) mass is 619 g/mol. The number of hydrogen-bond donors (Lipinski definition) is 1. The molecule has 238 valence electrons. The quantitative estimate of drug-likeness (QED) is 0.273. The molecule has 1 N–H and O–H groups in total. The highest BCUT2D eigenvalue weighted by Crippen LogP contribution is 2.58. The number of anilines is 1. The molecule has 1 spiro atoms. The Kier molecular flexibility index (Phi) is 8.03. The molecule has 8 nitrogen and oxygen atoms in total. The van der Waals surface area contributed by atoms with Crippen molar-refractivity contribution >= 4 is 34.2 Å². The van der Waals surface area contributed by atoms with Crippen LogP contribution in [0.4, 0.5) is 5.69 Å². The molecule has 8 heteroatoms. The highest BCUT2D eigenvalue weighted by Gasteiger charge is 2.75. The van der Waals surface area contributed by atoms with Crippen LogP contribution in [0.3, 0.4) is 0 Å². The van der Waals surface area contributed by atoms with Crippen molar-refractivity contribution in [2.45, 2.75) is 56.4 Å². The second kappa shape index (κ2) is 12.2. The van der Waals surface area contributed by atoms with Crippen LogP contribution in [0.15, 0.2) is 97.1 Å². The molecule has 4 aliphatic rings. The number of aliphatic hydroxyl groups excluding tert-OH is 1. The topological polar surface area (TPSA) is 90.4 Å². The van der Waals surface area contributed by atoms with Crippen LogP contribution in [0.1, 0.15) is 38.2 Å². The van der Waals surface area contributed by atoms with Gasteiger partial charge in [-0.2, -0.15) is 0 Å². The van der Waals surface area contributed by atoms with Crippen molar-refractivity contribution in [1.82, 2.24) is 9.80 Å². The van der Waals surface area contributed by atoms with Crippen LogP contribution >= 0.6 is 0 Å². The van der Waals surface area contributed by atoms with E-state index in [1.807, 2.05) is 109 Å². The van der Waals surface area contributed by atoms with E-state index in [9.17, 15) is 19.5 Å². The maximum Gasteiger partial charge on any atom is 0.253 e. The van der Waals surface area contributed by atoms with E-state index < -0.39 is 29.1 Å². The van der Waals surface area contributed by atoms with E-state index in [0.717, 1.165) is 28.4 Å². The highest BCUT2D eigenvalue weighted by molar-refractivity contribution is 6.06. The summed E-state index contributed by atoms with van der Waals surface area (Å²) >= 11 is 0. The molecule has 3 aromatic carbocycles. The Hall–Kier alpha value is -4.27. The standard InChI is InChI=1S/C38H41N3O5/c1-2-37-19-11-21-39(26-27-13-5-3-6-14-27)34(43)31(37)32-35(44)41(22-9-4-10-24-42)33-36(45)40(23-12-20-38(32,33)46-37)30-18-17-28-15-7-8-16-29(28)25-30/h3,5-8,11-20,25,31-33,42H,2,4,9-10,21-24,26H2,1H3/t31-,32+,33?,37+,38+/m1/s1. The lowest BCUT2D eigenvalue weighted by Gasteiger charge is -2.38. The van der Waals surface area contributed by atoms with Crippen LogP contribution in [-0.4, -0.2) is 76.1 Å². The number of aliphatic hydroxyl groups is 1. The molecule has 2 fully saturated rings. The number of nitrogens with zero attached hydrogens (tertiary/aromatic N) is 3. The molecule has 5 atom stereocenters. The number of unbranched alkanes of at least 4 members (excludes halogenated alkanes) is 2. The van der Waals surface area contributed by atoms with E-state index in [-0.39, 0.29) is 24.3 Å². The number of benzene rings is 3. The van der Waals surface area contributed by atoms with Gasteiger partial charge in [0, 0.05) is 38.5 Å². The number of fused-ring (bicyclic) bond motifs is 3. The zero-order valence-electron chi connectivity index (χ0n) is 26.3.